The maximum atomic E-state index is 13.2. The van der Waals surface area contributed by atoms with Crippen LogP contribution in [0.1, 0.15) is 36.8 Å². The summed E-state index contributed by atoms with van der Waals surface area (Å²) < 4.78 is 13.2. The molecule has 3 heteroatoms. The smallest absolute Gasteiger partial charge is 0.126 e. The number of aryl methyl sites for hydroxylation is 1. The van der Waals surface area contributed by atoms with E-state index in [4.69, 9.17) is 5.73 Å². The van der Waals surface area contributed by atoms with Gasteiger partial charge in [-0.1, -0.05) is 12.1 Å². The molecule has 0 spiro atoms. The third-order valence-corrected chi connectivity index (χ3v) is 4.02. The SMILES string of the molecule is Cc1cc(CN(C)C2CCC(N)CC2)ccc1F. The average Bonchev–Trinajstić information content (AvgIpc) is 2.34. The first kappa shape index (κ1) is 13.5. The number of hydrogen-bond acceptors (Lipinski definition) is 2. The highest BCUT2D eigenvalue weighted by molar-refractivity contribution is 5.23. The van der Waals surface area contributed by atoms with E-state index in [0.29, 0.717) is 12.1 Å². The van der Waals surface area contributed by atoms with Crippen LogP contribution in [-0.4, -0.2) is 24.0 Å². The molecule has 1 aromatic rings. The monoisotopic (exact) mass is 250 g/mol. The molecule has 1 aromatic carbocycles. The van der Waals surface area contributed by atoms with Crippen molar-refractivity contribution in [2.45, 2.75) is 51.2 Å². The van der Waals surface area contributed by atoms with Crippen LogP contribution in [0.5, 0.6) is 0 Å². The summed E-state index contributed by atoms with van der Waals surface area (Å²) in [6.45, 7) is 2.71. The first-order valence-electron chi connectivity index (χ1n) is 6.77. The Morgan fingerprint density at radius 2 is 1.94 bits per heavy atom. The van der Waals surface area contributed by atoms with Crippen molar-refractivity contribution in [1.29, 1.82) is 0 Å². The lowest BCUT2D eigenvalue weighted by atomic mass is 9.91. The van der Waals surface area contributed by atoms with E-state index >= 15 is 0 Å². The third-order valence-electron chi connectivity index (χ3n) is 4.02. The van der Waals surface area contributed by atoms with Crippen molar-refractivity contribution < 1.29 is 4.39 Å². The Labute approximate surface area is 109 Å². The molecule has 0 aromatic heterocycles. The molecule has 0 bridgehead atoms. The first-order valence-corrected chi connectivity index (χ1v) is 6.77. The highest BCUT2D eigenvalue weighted by Gasteiger charge is 2.21. The van der Waals surface area contributed by atoms with E-state index in [0.717, 1.165) is 24.9 Å². The van der Waals surface area contributed by atoms with Crippen LogP contribution in [0.3, 0.4) is 0 Å². The minimum atomic E-state index is -0.120. The Kier molecular flexibility index (Phi) is 4.36. The molecule has 0 aliphatic heterocycles. The Hall–Kier alpha value is -0.930. The van der Waals surface area contributed by atoms with E-state index in [-0.39, 0.29) is 5.82 Å². The summed E-state index contributed by atoms with van der Waals surface area (Å²) in [6.07, 6.45) is 4.60. The molecule has 1 saturated carbocycles. The summed E-state index contributed by atoms with van der Waals surface area (Å²) in [7, 11) is 2.15. The molecule has 1 aliphatic carbocycles. The number of benzene rings is 1. The van der Waals surface area contributed by atoms with E-state index in [1.54, 1.807) is 6.07 Å². The Morgan fingerprint density at radius 3 is 2.56 bits per heavy atom. The number of nitrogens with zero attached hydrogens (tertiary/aromatic N) is 1. The van der Waals surface area contributed by atoms with Gasteiger partial charge in [0.05, 0.1) is 0 Å². The van der Waals surface area contributed by atoms with E-state index in [1.807, 2.05) is 19.1 Å². The Bertz CT molecular complexity index is 397. The van der Waals surface area contributed by atoms with Gasteiger partial charge in [-0.3, -0.25) is 4.90 Å². The molecule has 2 nitrogen and oxygen atoms in total. The molecule has 2 N–H and O–H groups in total. The van der Waals surface area contributed by atoms with Crippen LogP contribution in [0.4, 0.5) is 4.39 Å². The normalized spacial score (nSPS) is 24.5. The summed E-state index contributed by atoms with van der Waals surface area (Å²) in [5.41, 5.74) is 7.84. The van der Waals surface area contributed by atoms with Crippen LogP contribution < -0.4 is 5.73 Å². The average molecular weight is 250 g/mol. The highest BCUT2D eigenvalue weighted by Crippen LogP contribution is 2.22. The molecule has 0 saturated heterocycles. The topological polar surface area (TPSA) is 29.3 Å². The number of nitrogens with two attached hydrogens (primary N) is 1. The third kappa shape index (κ3) is 3.30. The summed E-state index contributed by atoms with van der Waals surface area (Å²) in [5, 5.41) is 0. The maximum absolute atomic E-state index is 13.2. The van der Waals surface area contributed by atoms with E-state index < -0.39 is 0 Å². The van der Waals surface area contributed by atoms with Gasteiger partial charge in [0.1, 0.15) is 5.82 Å². The van der Waals surface area contributed by atoms with Crippen LogP contribution in [0, 0.1) is 12.7 Å². The largest absolute Gasteiger partial charge is 0.328 e. The molecule has 100 valence electrons. The summed E-state index contributed by atoms with van der Waals surface area (Å²) in [4.78, 5) is 2.37. The van der Waals surface area contributed by atoms with Crippen molar-refractivity contribution in [3.8, 4) is 0 Å². The van der Waals surface area contributed by atoms with E-state index in [1.165, 1.54) is 18.4 Å². The lowest BCUT2D eigenvalue weighted by molar-refractivity contribution is 0.176. The number of halogens is 1. The summed E-state index contributed by atoms with van der Waals surface area (Å²) >= 11 is 0. The van der Waals surface area contributed by atoms with Crippen LogP contribution in [0.25, 0.3) is 0 Å². The molecule has 0 atom stereocenters. The van der Waals surface area contributed by atoms with Gasteiger partial charge in [0.2, 0.25) is 0 Å². The fourth-order valence-corrected chi connectivity index (χ4v) is 2.76. The lowest BCUT2D eigenvalue weighted by Gasteiger charge is -2.33. The molecule has 0 amide bonds. The van der Waals surface area contributed by atoms with E-state index in [9.17, 15) is 4.39 Å². The molecule has 0 unspecified atom stereocenters. The molecular formula is C15H23FN2. The van der Waals surface area contributed by atoms with Crippen LogP contribution in [0.2, 0.25) is 0 Å². The van der Waals surface area contributed by atoms with Crippen molar-refractivity contribution in [2.75, 3.05) is 7.05 Å². The molecular weight excluding hydrogens is 227 g/mol. The van der Waals surface area contributed by atoms with Crippen LogP contribution in [-0.2, 0) is 6.54 Å². The second-order valence-electron chi connectivity index (χ2n) is 5.57. The zero-order valence-corrected chi connectivity index (χ0v) is 11.3. The van der Waals surface area contributed by atoms with Gasteiger partial charge in [-0.05, 0) is 56.8 Å². The van der Waals surface area contributed by atoms with Gasteiger partial charge in [-0.15, -0.1) is 0 Å². The molecule has 0 heterocycles. The second-order valence-corrected chi connectivity index (χ2v) is 5.57. The van der Waals surface area contributed by atoms with Crippen LogP contribution in [0.15, 0.2) is 18.2 Å². The van der Waals surface area contributed by atoms with Gasteiger partial charge in [-0.25, -0.2) is 4.39 Å². The van der Waals surface area contributed by atoms with E-state index in [2.05, 4.69) is 11.9 Å². The number of hydrogen-bond donors (Lipinski definition) is 1. The van der Waals surface area contributed by atoms with Crippen molar-refractivity contribution in [2.24, 2.45) is 5.73 Å². The molecule has 1 fully saturated rings. The van der Waals surface area contributed by atoms with Crippen molar-refractivity contribution >= 4 is 0 Å². The summed E-state index contributed by atoms with van der Waals surface area (Å²) in [6, 6.07) is 6.40. The zero-order valence-electron chi connectivity index (χ0n) is 11.3. The molecule has 2 rings (SSSR count). The minimum Gasteiger partial charge on any atom is -0.328 e. The zero-order chi connectivity index (χ0) is 13.1. The van der Waals surface area contributed by atoms with Gasteiger partial charge in [-0.2, -0.15) is 0 Å². The maximum Gasteiger partial charge on any atom is 0.126 e. The van der Waals surface area contributed by atoms with Crippen molar-refractivity contribution in [3.63, 3.8) is 0 Å². The fraction of sp³-hybridized carbons (Fsp3) is 0.600. The Morgan fingerprint density at radius 1 is 1.28 bits per heavy atom. The molecule has 0 radical (unpaired) electrons. The summed E-state index contributed by atoms with van der Waals surface area (Å²) in [5.74, 6) is -0.120. The standard InChI is InChI=1S/C15H23FN2/c1-11-9-12(3-8-15(11)16)10-18(2)14-6-4-13(17)5-7-14/h3,8-9,13-14H,4-7,10,17H2,1-2H3. The predicted octanol–water partition coefficient (Wildman–Crippen LogP) is 2.84. The van der Waals surface area contributed by atoms with Gasteiger partial charge < -0.3 is 5.73 Å². The second kappa shape index (κ2) is 5.81. The number of rotatable bonds is 3. The Balaban J connectivity index is 1.94. The van der Waals surface area contributed by atoms with Gasteiger partial charge >= 0.3 is 0 Å². The van der Waals surface area contributed by atoms with Crippen LogP contribution >= 0.6 is 0 Å². The fourth-order valence-electron chi connectivity index (χ4n) is 2.76. The van der Waals surface area contributed by atoms with Crippen molar-refractivity contribution in [3.05, 3.63) is 35.1 Å². The molecule has 18 heavy (non-hydrogen) atoms. The quantitative estimate of drug-likeness (QED) is 0.894. The highest BCUT2D eigenvalue weighted by atomic mass is 19.1. The van der Waals surface area contributed by atoms with Gasteiger partial charge in [0.25, 0.3) is 0 Å². The van der Waals surface area contributed by atoms with Crippen molar-refractivity contribution in [1.82, 2.24) is 4.90 Å². The first-order chi connectivity index (χ1) is 8.56. The lowest BCUT2D eigenvalue weighted by Crippen LogP contribution is -2.38. The van der Waals surface area contributed by atoms with Gasteiger partial charge in [0.15, 0.2) is 0 Å². The minimum absolute atomic E-state index is 0.120. The van der Waals surface area contributed by atoms with Gasteiger partial charge in [0, 0.05) is 18.6 Å². The predicted molar refractivity (Wildman–Crippen MR) is 72.8 cm³/mol. The molecule has 1 aliphatic rings.